The Kier molecular flexibility index (Phi) is 5.41. The molecule has 0 spiro atoms. The largest absolute Gasteiger partial charge is 0.475 e. The fourth-order valence-electron chi connectivity index (χ4n) is 2.28. The average Bonchev–Trinajstić information content (AvgIpc) is 2.97. The number of aromatic nitrogens is 1. The fourth-order valence-corrected chi connectivity index (χ4v) is 2.28. The smallest absolute Gasteiger partial charge is 0.372 e. The van der Waals surface area contributed by atoms with Crippen LogP contribution in [0.15, 0.2) is 42.6 Å². The minimum absolute atomic E-state index is 0.282. The Hall–Kier alpha value is -2.76. The monoisotopic (exact) mass is 317 g/mol. The Morgan fingerprint density at radius 1 is 1.09 bits per heavy atom. The van der Waals surface area contributed by atoms with E-state index in [1.165, 1.54) is 12.1 Å². The van der Waals surface area contributed by atoms with E-state index in [-0.39, 0.29) is 5.82 Å². The van der Waals surface area contributed by atoms with E-state index in [4.69, 9.17) is 5.11 Å². The van der Waals surface area contributed by atoms with Crippen molar-refractivity contribution in [3.8, 4) is 0 Å². The first-order valence-corrected chi connectivity index (χ1v) is 7.16. The average molecular weight is 317 g/mol. The first-order valence-electron chi connectivity index (χ1n) is 7.16. The van der Waals surface area contributed by atoms with Gasteiger partial charge in [-0.2, -0.15) is 0 Å². The van der Waals surface area contributed by atoms with Gasteiger partial charge in [0.2, 0.25) is 5.78 Å². The summed E-state index contributed by atoms with van der Waals surface area (Å²) in [6.07, 6.45) is 2.52. The van der Waals surface area contributed by atoms with Gasteiger partial charge >= 0.3 is 5.97 Å². The zero-order valence-corrected chi connectivity index (χ0v) is 12.4. The molecule has 6 heteroatoms. The maximum Gasteiger partial charge on any atom is 0.372 e. The van der Waals surface area contributed by atoms with Crippen LogP contribution in [0.5, 0.6) is 0 Å². The summed E-state index contributed by atoms with van der Waals surface area (Å²) in [5.74, 6) is -3.51. The quantitative estimate of drug-likeness (QED) is 0.461. The van der Waals surface area contributed by atoms with E-state index in [9.17, 15) is 18.8 Å². The predicted octanol–water partition coefficient (Wildman–Crippen LogP) is 2.49. The molecule has 0 saturated carbocycles. The van der Waals surface area contributed by atoms with Gasteiger partial charge in [0.25, 0.3) is 0 Å². The number of aryl methyl sites for hydroxylation is 2. The molecule has 0 bridgehead atoms. The number of Topliss-reactive ketones (excluding diaryl/α,β-unsaturated/α-hetero) is 2. The first kappa shape index (κ1) is 16.6. The van der Waals surface area contributed by atoms with Crippen molar-refractivity contribution in [3.05, 3.63) is 59.7 Å². The number of benzene rings is 1. The van der Waals surface area contributed by atoms with Crippen LogP contribution in [-0.2, 0) is 22.6 Å². The lowest BCUT2D eigenvalue weighted by atomic mass is 10.1. The Morgan fingerprint density at radius 3 is 2.43 bits per heavy atom. The number of carboxylic acids is 1. The molecule has 0 unspecified atom stereocenters. The van der Waals surface area contributed by atoms with E-state index >= 15 is 0 Å². The van der Waals surface area contributed by atoms with Crippen LogP contribution in [0.2, 0.25) is 0 Å². The molecule has 1 aromatic heterocycles. The van der Waals surface area contributed by atoms with Gasteiger partial charge in [-0.15, -0.1) is 0 Å². The summed E-state index contributed by atoms with van der Waals surface area (Å²) < 4.78 is 14.5. The topological polar surface area (TPSA) is 76.4 Å². The molecule has 0 atom stereocenters. The van der Waals surface area contributed by atoms with Gasteiger partial charge in [0.05, 0.1) is 12.1 Å². The van der Waals surface area contributed by atoms with Crippen LogP contribution in [0.4, 0.5) is 4.39 Å². The lowest BCUT2D eigenvalue weighted by Gasteiger charge is -2.08. The number of halogens is 1. The van der Waals surface area contributed by atoms with Crippen molar-refractivity contribution in [2.24, 2.45) is 0 Å². The summed E-state index contributed by atoms with van der Waals surface area (Å²) in [5.41, 5.74) is 1.31. The van der Waals surface area contributed by atoms with Crippen LogP contribution in [-0.4, -0.2) is 27.2 Å². The van der Waals surface area contributed by atoms with E-state index in [0.29, 0.717) is 12.2 Å². The molecule has 1 N–H and O–H groups in total. The fraction of sp³-hybridized carbons (Fsp3) is 0.235. The lowest BCUT2D eigenvalue weighted by molar-refractivity contribution is -0.148. The highest BCUT2D eigenvalue weighted by Crippen LogP contribution is 2.10. The standard InChI is InChI=1S/C17H16FNO4/c18-13-7-5-12(6-8-13)3-1-9-19-10-2-4-14(19)15(20)11-16(21)17(22)23/h2,4-8,10H,1,3,9,11H2,(H,22,23). The van der Waals surface area contributed by atoms with Crippen molar-refractivity contribution in [1.82, 2.24) is 4.57 Å². The van der Waals surface area contributed by atoms with Crippen molar-refractivity contribution in [2.45, 2.75) is 25.8 Å². The normalized spacial score (nSPS) is 10.5. The van der Waals surface area contributed by atoms with Gasteiger partial charge in [0, 0.05) is 12.7 Å². The van der Waals surface area contributed by atoms with Gasteiger partial charge in [0.1, 0.15) is 5.82 Å². The Bertz CT molecular complexity index is 718. The number of carbonyl (C=O) groups is 3. The van der Waals surface area contributed by atoms with Gasteiger partial charge in [0.15, 0.2) is 5.78 Å². The minimum atomic E-state index is -1.60. The van der Waals surface area contributed by atoms with Crippen LogP contribution in [0.3, 0.4) is 0 Å². The molecular weight excluding hydrogens is 301 g/mol. The van der Waals surface area contributed by atoms with Crippen molar-refractivity contribution < 1.29 is 23.9 Å². The number of aliphatic carboxylic acids is 1. The van der Waals surface area contributed by atoms with E-state index in [1.807, 2.05) is 0 Å². The van der Waals surface area contributed by atoms with Crippen LogP contribution >= 0.6 is 0 Å². The van der Waals surface area contributed by atoms with Crippen LogP contribution in [0, 0.1) is 5.82 Å². The molecule has 0 saturated heterocycles. The molecule has 0 aliphatic heterocycles. The number of nitrogens with zero attached hydrogens (tertiary/aromatic N) is 1. The highest BCUT2D eigenvalue weighted by Gasteiger charge is 2.19. The minimum Gasteiger partial charge on any atom is -0.475 e. The molecule has 23 heavy (non-hydrogen) atoms. The summed E-state index contributed by atoms with van der Waals surface area (Å²) in [6.45, 7) is 0.548. The molecule has 2 aromatic rings. The number of rotatable bonds is 8. The highest BCUT2D eigenvalue weighted by atomic mass is 19.1. The Morgan fingerprint density at radius 2 is 1.78 bits per heavy atom. The third-order valence-corrected chi connectivity index (χ3v) is 3.45. The van der Waals surface area contributed by atoms with Crippen molar-refractivity contribution in [3.63, 3.8) is 0 Å². The molecule has 0 aliphatic carbocycles. The molecule has 0 radical (unpaired) electrons. The van der Waals surface area contributed by atoms with E-state index in [2.05, 4.69) is 0 Å². The Labute approximate surface area is 132 Å². The number of hydrogen-bond acceptors (Lipinski definition) is 3. The third kappa shape index (κ3) is 4.60. The maximum atomic E-state index is 12.8. The summed E-state index contributed by atoms with van der Waals surface area (Å²) in [6, 6.07) is 9.46. The molecule has 1 heterocycles. The van der Waals surface area contributed by atoms with Crippen LogP contribution < -0.4 is 0 Å². The van der Waals surface area contributed by atoms with Crippen molar-refractivity contribution >= 4 is 17.5 Å². The lowest BCUT2D eigenvalue weighted by Crippen LogP contribution is -2.19. The number of carboxylic acid groups (broad SMARTS) is 1. The van der Waals surface area contributed by atoms with E-state index in [0.717, 1.165) is 18.4 Å². The van der Waals surface area contributed by atoms with Crippen LogP contribution in [0.25, 0.3) is 0 Å². The first-order chi connectivity index (χ1) is 11.0. The number of carbonyl (C=O) groups excluding carboxylic acids is 2. The second-order valence-corrected chi connectivity index (χ2v) is 5.15. The molecule has 120 valence electrons. The third-order valence-electron chi connectivity index (χ3n) is 3.45. The van der Waals surface area contributed by atoms with E-state index < -0.39 is 24.0 Å². The van der Waals surface area contributed by atoms with Gasteiger partial charge in [-0.1, -0.05) is 12.1 Å². The van der Waals surface area contributed by atoms with Gasteiger partial charge in [-0.3, -0.25) is 9.59 Å². The van der Waals surface area contributed by atoms with Crippen LogP contribution in [0.1, 0.15) is 28.9 Å². The van der Waals surface area contributed by atoms with Gasteiger partial charge in [-0.05, 0) is 42.7 Å². The molecule has 1 aromatic carbocycles. The molecule has 5 nitrogen and oxygen atoms in total. The second kappa shape index (κ2) is 7.49. The van der Waals surface area contributed by atoms with Gasteiger partial charge < -0.3 is 9.67 Å². The maximum absolute atomic E-state index is 12.8. The Balaban J connectivity index is 1.93. The summed E-state index contributed by atoms with van der Waals surface area (Å²) >= 11 is 0. The molecule has 0 aliphatic rings. The summed E-state index contributed by atoms with van der Waals surface area (Å²) in [5, 5.41) is 8.55. The zero-order chi connectivity index (χ0) is 16.8. The summed E-state index contributed by atoms with van der Waals surface area (Å²) in [4.78, 5) is 33.6. The SMILES string of the molecule is O=C(O)C(=O)CC(=O)c1cccn1CCCc1ccc(F)cc1. The predicted molar refractivity (Wildman–Crippen MR) is 80.7 cm³/mol. The van der Waals surface area contributed by atoms with Crippen molar-refractivity contribution in [1.29, 1.82) is 0 Å². The molecule has 0 amide bonds. The zero-order valence-electron chi connectivity index (χ0n) is 12.4. The van der Waals surface area contributed by atoms with E-state index in [1.54, 1.807) is 35.0 Å². The molecule has 2 rings (SSSR count). The highest BCUT2D eigenvalue weighted by molar-refractivity contribution is 6.37. The van der Waals surface area contributed by atoms with Gasteiger partial charge in [-0.25, -0.2) is 9.18 Å². The number of hydrogen-bond donors (Lipinski definition) is 1. The second-order valence-electron chi connectivity index (χ2n) is 5.15. The van der Waals surface area contributed by atoms with Crippen molar-refractivity contribution in [2.75, 3.05) is 0 Å². The summed E-state index contributed by atoms with van der Waals surface area (Å²) in [7, 11) is 0. The number of ketones is 2. The molecule has 0 fully saturated rings. The molecular formula is C17H16FNO4.